The van der Waals surface area contributed by atoms with Gasteiger partial charge in [-0.15, -0.1) is 0 Å². The molecule has 2 aromatic carbocycles. The van der Waals surface area contributed by atoms with Crippen LogP contribution in [0.1, 0.15) is 31.0 Å². The summed E-state index contributed by atoms with van der Waals surface area (Å²) < 4.78 is 3.42. The maximum absolute atomic E-state index is 13.1. The highest BCUT2D eigenvalue weighted by Crippen LogP contribution is 2.26. The normalized spacial score (nSPS) is 13.3. The van der Waals surface area contributed by atoms with Crippen molar-refractivity contribution in [3.05, 3.63) is 87.4 Å². The van der Waals surface area contributed by atoms with Gasteiger partial charge in [0.1, 0.15) is 5.84 Å². The number of hydrogen-bond acceptors (Lipinski definition) is 4. The zero-order valence-corrected chi connectivity index (χ0v) is 17.4. The number of pyridine rings is 1. The van der Waals surface area contributed by atoms with Crippen molar-refractivity contribution in [3.63, 3.8) is 0 Å². The maximum Gasteiger partial charge on any atom is 0.335 e. The molecule has 5 rings (SSSR count). The smallest absolute Gasteiger partial charge is 0.335 e. The first-order chi connectivity index (χ1) is 14.5. The number of amidine groups is 1. The van der Waals surface area contributed by atoms with Crippen molar-refractivity contribution < 1.29 is 0 Å². The summed E-state index contributed by atoms with van der Waals surface area (Å²) in [4.78, 5) is 22.2. The lowest BCUT2D eigenvalue weighted by atomic mass is 10.1. The van der Waals surface area contributed by atoms with E-state index in [1.54, 1.807) is 15.3 Å². The number of fused-ring (bicyclic) bond motifs is 2. The minimum atomic E-state index is -0.0943. The Balaban J connectivity index is 1.53. The third-order valence-corrected chi connectivity index (χ3v) is 5.52. The van der Waals surface area contributed by atoms with Gasteiger partial charge in [-0.25, -0.2) is 9.78 Å². The van der Waals surface area contributed by atoms with Crippen LogP contribution in [0.25, 0.3) is 16.9 Å². The molecule has 0 saturated carbocycles. The Hall–Kier alpha value is -3.38. The quantitative estimate of drug-likeness (QED) is 0.521. The van der Waals surface area contributed by atoms with E-state index in [1.807, 2.05) is 68.4 Å². The second-order valence-corrected chi connectivity index (χ2v) is 8.00. The minimum Gasteiger partial charge on any atom is -0.340 e. The second-order valence-electron chi connectivity index (χ2n) is 7.57. The van der Waals surface area contributed by atoms with Crippen LogP contribution in [0.15, 0.2) is 70.6 Å². The molecule has 30 heavy (non-hydrogen) atoms. The molecule has 1 N–H and O–H groups in total. The SMILES string of the molecule is CC(C)n1c(=O)n(-c2ccc(C3=NCc4ccc(Cl)cc4N3)cc2)c2cccnc21. The number of rotatable bonds is 3. The molecule has 0 aliphatic carbocycles. The third-order valence-electron chi connectivity index (χ3n) is 5.28. The molecule has 3 heterocycles. The van der Waals surface area contributed by atoms with E-state index in [0.717, 1.165) is 33.9 Å². The molecule has 0 unspecified atom stereocenters. The van der Waals surface area contributed by atoms with Crippen molar-refractivity contribution in [1.82, 2.24) is 14.1 Å². The molecule has 1 aliphatic rings. The average molecular weight is 418 g/mol. The largest absolute Gasteiger partial charge is 0.340 e. The lowest BCUT2D eigenvalue weighted by molar-refractivity contribution is 0.586. The second kappa shape index (κ2) is 7.15. The van der Waals surface area contributed by atoms with E-state index in [0.29, 0.717) is 17.2 Å². The number of benzene rings is 2. The van der Waals surface area contributed by atoms with Crippen LogP contribution in [0.4, 0.5) is 5.69 Å². The van der Waals surface area contributed by atoms with Gasteiger partial charge in [0.05, 0.1) is 17.7 Å². The first kappa shape index (κ1) is 18.6. The van der Waals surface area contributed by atoms with Gasteiger partial charge in [0, 0.05) is 28.5 Å². The zero-order valence-electron chi connectivity index (χ0n) is 16.6. The van der Waals surface area contributed by atoms with Crippen molar-refractivity contribution in [2.24, 2.45) is 4.99 Å². The number of anilines is 1. The fourth-order valence-electron chi connectivity index (χ4n) is 3.83. The number of aromatic nitrogens is 3. The molecule has 0 bridgehead atoms. The van der Waals surface area contributed by atoms with Gasteiger partial charge in [-0.1, -0.05) is 17.7 Å². The van der Waals surface area contributed by atoms with E-state index in [9.17, 15) is 4.79 Å². The maximum atomic E-state index is 13.1. The standard InChI is InChI=1S/C23H20ClN5O/c1-14(2)28-22-20(4-3-11-25-22)29(23(28)30)18-9-6-15(7-10-18)21-26-13-16-5-8-17(24)12-19(16)27-21/h3-12,14H,13H2,1-2H3,(H,26,27). The summed E-state index contributed by atoms with van der Waals surface area (Å²) in [5, 5.41) is 4.04. The average Bonchev–Trinajstić information content (AvgIpc) is 3.05. The summed E-state index contributed by atoms with van der Waals surface area (Å²) >= 11 is 6.13. The first-order valence-corrected chi connectivity index (χ1v) is 10.2. The number of nitrogens with zero attached hydrogens (tertiary/aromatic N) is 4. The highest BCUT2D eigenvalue weighted by molar-refractivity contribution is 6.31. The number of nitrogens with one attached hydrogen (secondary N) is 1. The van der Waals surface area contributed by atoms with E-state index in [4.69, 9.17) is 11.6 Å². The van der Waals surface area contributed by atoms with Gasteiger partial charge in [-0.05, 0) is 67.9 Å². The summed E-state index contributed by atoms with van der Waals surface area (Å²) in [6.45, 7) is 4.57. The van der Waals surface area contributed by atoms with Crippen molar-refractivity contribution >= 4 is 34.3 Å². The molecule has 0 amide bonds. The number of imidazole rings is 1. The summed E-state index contributed by atoms with van der Waals surface area (Å²) in [6.07, 6.45) is 1.71. The molecule has 0 radical (unpaired) electrons. The number of hydrogen-bond donors (Lipinski definition) is 1. The molecular formula is C23H20ClN5O. The fraction of sp³-hybridized carbons (Fsp3) is 0.174. The molecule has 0 saturated heterocycles. The molecule has 6 nitrogen and oxygen atoms in total. The van der Waals surface area contributed by atoms with Crippen LogP contribution in [0.3, 0.4) is 0 Å². The summed E-state index contributed by atoms with van der Waals surface area (Å²) in [5.41, 5.74) is 5.21. The topological polar surface area (TPSA) is 64.2 Å². The van der Waals surface area contributed by atoms with Crippen molar-refractivity contribution in [1.29, 1.82) is 0 Å². The van der Waals surface area contributed by atoms with Crippen LogP contribution < -0.4 is 11.0 Å². The highest BCUT2D eigenvalue weighted by atomic mass is 35.5. The van der Waals surface area contributed by atoms with Crippen LogP contribution in [-0.2, 0) is 6.54 Å². The Kier molecular flexibility index (Phi) is 4.44. The zero-order chi connectivity index (χ0) is 20.8. The molecule has 2 aromatic heterocycles. The molecule has 0 fully saturated rings. The monoisotopic (exact) mass is 417 g/mol. The van der Waals surface area contributed by atoms with E-state index in [-0.39, 0.29) is 11.7 Å². The summed E-state index contributed by atoms with van der Waals surface area (Å²) in [7, 11) is 0. The van der Waals surface area contributed by atoms with Gasteiger partial charge in [0.15, 0.2) is 5.65 Å². The van der Waals surface area contributed by atoms with Crippen molar-refractivity contribution in [3.8, 4) is 5.69 Å². The number of halogens is 1. The molecule has 7 heteroatoms. The highest BCUT2D eigenvalue weighted by Gasteiger charge is 2.18. The Morgan fingerprint density at radius 2 is 1.90 bits per heavy atom. The van der Waals surface area contributed by atoms with E-state index < -0.39 is 0 Å². The van der Waals surface area contributed by atoms with Crippen LogP contribution in [0, 0.1) is 0 Å². The Morgan fingerprint density at radius 1 is 1.10 bits per heavy atom. The number of aliphatic imine (C=N–C) groups is 1. The van der Waals surface area contributed by atoms with Gasteiger partial charge in [0.25, 0.3) is 0 Å². The van der Waals surface area contributed by atoms with Gasteiger partial charge in [-0.2, -0.15) is 0 Å². The molecule has 0 spiro atoms. The van der Waals surface area contributed by atoms with E-state index in [1.165, 1.54) is 0 Å². The Bertz CT molecular complexity index is 1350. The van der Waals surface area contributed by atoms with Crippen LogP contribution in [-0.4, -0.2) is 20.0 Å². The van der Waals surface area contributed by atoms with Gasteiger partial charge in [0.2, 0.25) is 0 Å². The van der Waals surface area contributed by atoms with Crippen LogP contribution in [0.5, 0.6) is 0 Å². The van der Waals surface area contributed by atoms with Gasteiger partial charge < -0.3 is 5.32 Å². The predicted octanol–water partition coefficient (Wildman–Crippen LogP) is 4.79. The lowest BCUT2D eigenvalue weighted by Crippen LogP contribution is -2.25. The molecule has 0 atom stereocenters. The summed E-state index contributed by atoms with van der Waals surface area (Å²) in [5.74, 6) is 0.787. The molecule has 1 aliphatic heterocycles. The predicted molar refractivity (Wildman–Crippen MR) is 121 cm³/mol. The Labute approximate surface area is 178 Å². The van der Waals surface area contributed by atoms with E-state index >= 15 is 0 Å². The molecular weight excluding hydrogens is 398 g/mol. The fourth-order valence-corrected chi connectivity index (χ4v) is 4.00. The van der Waals surface area contributed by atoms with Crippen molar-refractivity contribution in [2.75, 3.05) is 5.32 Å². The van der Waals surface area contributed by atoms with Crippen LogP contribution in [0.2, 0.25) is 5.02 Å². The van der Waals surface area contributed by atoms with Crippen molar-refractivity contribution in [2.45, 2.75) is 26.4 Å². The minimum absolute atomic E-state index is 0.0168. The third kappa shape index (κ3) is 3.00. The Morgan fingerprint density at radius 3 is 2.67 bits per heavy atom. The first-order valence-electron chi connectivity index (χ1n) is 9.81. The molecule has 150 valence electrons. The van der Waals surface area contributed by atoms with Gasteiger partial charge >= 0.3 is 5.69 Å². The lowest BCUT2D eigenvalue weighted by Gasteiger charge is -2.19. The summed E-state index contributed by atoms with van der Waals surface area (Å²) in [6, 6.07) is 17.4. The van der Waals surface area contributed by atoms with Crippen LogP contribution >= 0.6 is 11.6 Å². The molecule has 4 aromatic rings. The van der Waals surface area contributed by atoms with E-state index in [2.05, 4.69) is 15.3 Å². The van der Waals surface area contributed by atoms with Gasteiger partial charge in [-0.3, -0.25) is 14.1 Å².